The van der Waals surface area contributed by atoms with E-state index in [0.29, 0.717) is 18.1 Å². The lowest BCUT2D eigenvalue weighted by Crippen LogP contribution is -2.07. The van der Waals surface area contributed by atoms with Gasteiger partial charge in [0.05, 0.1) is 5.69 Å². The number of halogens is 3. The van der Waals surface area contributed by atoms with E-state index in [4.69, 9.17) is 0 Å². The first-order chi connectivity index (χ1) is 12.0. The van der Waals surface area contributed by atoms with Gasteiger partial charge in [0.15, 0.2) is 17.5 Å². The molecule has 0 saturated carbocycles. The predicted molar refractivity (Wildman–Crippen MR) is 90.1 cm³/mol. The van der Waals surface area contributed by atoms with E-state index in [9.17, 15) is 13.2 Å². The Hall–Kier alpha value is -3.09. The molecule has 128 valence electrons. The fourth-order valence-electron chi connectivity index (χ4n) is 2.25. The van der Waals surface area contributed by atoms with E-state index in [1.165, 1.54) is 0 Å². The van der Waals surface area contributed by atoms with Crippen molar-refractivity contribution in [3.63, 3.8) is 0 Å². The van der Waals surface area contributed by atoms with Gasteiger partial charge in [-0.2, -0.15) is 4.98 Å². The van der Waals surface area contributed by atoms with Crippen LogP contribution in [0.15, 0.2) is 48.5 Å². The van der Waals surface area contributed by atoms with E-state index in [2.05, 4.69) is 20.6 Å². The quantitative estimate of drug-likeness (QED) is 0.666. The van der Waals surface area contributed by atoms with E-state index in [1.807, 2.05) is 30.3 Å². The molecule has 0 saturated heterocycles. The summed E-state index contributed by atoms with van der Waals surface area (Å²) in [7, 11) is 0. The van der Waals surface area contributed by atoms with E-state index >= 15 is 0 Å². The molecule has 0 spiro atoms. The summed E-state index contributed by atoms with van der Waals surface area (Å²) in [5.41, 5.74) is 1.47. The van der Waals surface area contributed by atoms with Crippen LogP contribution in [0.4, 0.5) is 30.6 Å². The van der Waals surface area contributed by atoms with E-state index < -0.39 is 17.5 Å². The van der Waals surface area contributed by atoms with Crippen LogP contribution in [0.5, 0.6) is 0 Å². The maximum Gasteiger partial charge on any atom is 0.229 e. The summed E-state index contributed by atoms with van der Waals surface area (Å²) in [4.78, 5) is 8.35. The Morgan fingerprint density at radius 3 is 2.44 bits per heavy atom. The second-order valence-electron chi connectivity index (χ2n) is 5.41. The average molecular weight is 344 g/mol. The van der Waals surface area contributed by atoms with Crippen molar-refractivity contribution in [3.8, 4) is 0 Å². The van der Waals surface area contributed by atoms with Crippen LogP contribution in [0, 0.1) is 24.4 Å². The number of aryl methyl sites for hydroxylation is 1. The number of hydrogen-bond donors (Lipinski definition) is 2. The van der Waals surface area contributed by atoms with Crippen LogP contribution in [0.1, 0.15) is 11.3 Å². The van der Waals surface area contributed by atoms with Crippen molar-refractivity contribution < 1.29 is 13.2 Å². The molecule has 1 heterocycles. The molecular weight excluding hydrogens is 329 g/mol. The zero-order valence-electron chi connectivity index (χ0n) is 13.4. The lowest BCUT2D eigenvalue weighted by Gasteiger charge is -2.11. The number of hydrogen-bond acceptors (Lipinski definition) is 4. The minimum atomic E-state index is -1.54. The predicted octanol–water partition coefficient (Wildman–Crippen LogP) is 4.56. The Balaban J connectivity index is 1.79. The van der Waals surface area contributed by atoms with Gasteiger partial charge in [-0.15, -0.1) is 0 Å². The third kappa shape index (κ3) is 4.06. The second kappa shape index (κ2) is 7.21. The van der Waals surface area contributed by atoms with Gasteiger partial charge in [-0.3, -0.25) is 0 Å². The molecule has 0 aliphatic heterocycles. The SMILES string of the molecule is Cc1cc(NCc2ccccc2)nc(Nc2ccc(F)c(F)c2F)n1. The minimum Gasteiger partial charge on any atom is -0.366 e. The van der Waals surface area contributed by atoms with Crippen molar-refractivity contribution in [3.05, 3.63) is 77.2 Å². The molecule has 0 aliphatic rings. The highest BCUT2D eigenvalue weighted by atomic mass is 19.2. The highest BCUT2D eigenvalue weighted by Gasteiger charge is 2.14. The Kier molecular flexibility index (Phi) is 4.83. The fourth-order valence-corrected chi connectivity index (χ4v) is 2.25. The fraction of sp³-hybridized carbons (Fsp3) is 0.111. The first-order valence-electron chi connectivity index (χ1n) is 7.57. The lowest BCUT2D eigenvalue weighted by atomic mass is 10.2. The number of nitrogens with one attached hydrogen (secondary N) is 2. The molecule has 0 radical (unpaired) electrons. The first kappa shape index (κ1) is 16.8. The highest BCUT2D eigenvalue weighted by molar-refractivity contribution is 5.56. The largest absolute Gasteiger partial charge is 0.366 e. The zero-order chi connectivity index (χ0) is 17.8. The molecular formula is C18H15F3N4. The van der Waals surface area contributed by atoms with Crippen LogP contribution in [0.25, 0.3) is 0 Å². The summed E-state index contributed by atoms with van der Waals surface area (Å²) >= 11 is 0. The lowest BCUT2D eigenvalue weighted by molar-refractivity contribution is 0.449. The van der Waals surface area contributed by atoms with E-state index in [1.54, 1.807) is 13.0 Å². The van der Waals surface area contributed by atoms with Gasteiger partial charge >= 0.3 is 0 Å². The molecule has 0 bridgehead atoms. The molecule has 3 aromatic rings. The van der Waals surface area contributed by atoms with Gasteiger partial charge in [0.25, 0.3) is 0 Å². The van der Waals surface area contributed by atoms with Crippen LogP contribution in [0.3, 0.4) is 0 Å². The maximum absolute atomic E-state index is 13.8. The second-order valence-corrected chi connectivity index (χ2v) is 5.41. The minimum absolute atomic E-state index is 0.0838. The van der Waals surface area contributed by atoms with Crippen LogP contribution >= 0.6 is 0 Å². The van der Waals surface area contributed by atoms with Crippen molar-refractivity contribution in [1.82, 2.24) is 9.97 Å². The van der Waals surface area contributed by atoms with Crippen molar-refractivity contribution in [2.75, 3.05) is 10.6 Å². The van der Waals surface area contributed by atoms with Crippen molar-refractivity contribution in [2.45, 2.75) is 13.5 Å². The Morgan fingerprint density at radius 2 is 1.68 bits per heavy atom. The molecule has 4 nitrogen and oxygen atoms in total. The van der Waals surface area contributed by atoms with Gasteiger partial charge in [0.1, 0.15) is 5.82 Å². The van der Waals surface area contributed by atoms with Gasteiger partial charge in [-0.05, 0) is 24.6 Å². The van der Waals surface area contributed by atoms with Gasteiger partial charge in [-0.1, -0.05) is 30.3 Å². The summed E-state index contributed by atoms with van der Waals surface area (Å²) in [6, 6.07) is 13.4. The molecule has 3 rings (SSSR count). The smallest absolute Gasteiger partial charge is 0.229 e. The molecule has 0 amide bonds. The van der Waals surface area contributed by atoms with Crippen LogP contribution in [-0.2, 0) is 6.54 Å². The van der Waals surface area contributed by atoms with Crippen LogP contribution in [0.2, 0.25) is 0 Å². The summed E-state index contributed by atoms with van der Waals surface area (Å²) in [6.07, 6.45) is 0. The topological polar surface area (TPSA) is 49.8 Å². The third-order valence-electron chi connectivity index (χ3n) is 3.45. The molecule has 1 aromatic heterocycles. The van der Waals surface area contributed by atoms with Gasteiger partial charge in [0, 0.05) is 18.3 Å². The Bertz CT molecular complexity index is 885. The van der Waals surface area contributed by atoms with Gasteiger partial charge in [-0.25, -0.2) is 18.2 Å². The third-order valence-corrected chi connectivity index (χ3v) is 3.45. The van der Waals surface area contributed by atoms with Crippen LogP contribution < -0.4 is 10.6 Å². The average Bonchev–Trinajstić information content (AvgIpc) is 2.61. The van der Waals surface area contributed by atoms with Crippen LogP contribution in [-0.4, -0.2) is 9.97 Å². The Labute approximate surface area is 142 Å². The number of benzene rings is 2. The number of aromatic nitrogens is 2. The molecule has 0 atom stereocenters. The molecule has 25 heavy (non-hydrogen) atoms. The van der Waals surface area contributed by atoms with Gasteiger partial charge < -0.3 is 10.6 Å². The molecule has 7 heteroatoms. The van der Waals surface area contributed by atoms with E-state index in [0.717, 1.165) is 17.7 Å². The summed E-state index contributed by atoms with van der Waals surface area (Å²) in [5.74, 6) is -3.50. The normalized spacial score (nSPS) is 10.6. The summed E-state index contributed by atoms with van der Waals surface area (Å²) < 4.78 is 40.1. The molecule has 0 fully saturated rings. The maximum atomic E-state index is 13.8. The number of anilines is 3. The number of rotatable bonds is 5. The summed E-state index contributed by atoms with van der Waals surface area (Å²) in [5, 5.41) is 5.72. The van der Waals surface area contributed by atoms with Crippen molar-refractivity contribution >= 4 is 17.5 Å². The molecule has 0 unspecified atom stereocenters. The Morgan fingerprint density at radius 1 is 0.920 bits per heavy atom. The van der Waals surface area contributed by atoms with Gasteiger partial charge in [0.2, 0.25) is 5.95 Å². The highest BCUT2D eigenvalue weighted by Crippen LogP contribution is 2.23. The molecule has 2 aromatic carbocycles. The molecule has 0 aliphatic carbocycles. The van der Waals surface area contributed by atoms with Crippen molar-refractivity contribution in [2.24, 2.45) is 0 Å². The zero-order valence-corrected chi connectivity index (χ0v) is 13.4. The first-order valence-corrected chi connectivity index (χ1v) is 7.57. The van der Waals surface area contributed by atoms with E-state index in [-0.39, 0.29) is 11.6 Å². The summed E-state index contributed by atoms with van der Waals surface area (Å²) in [6.45, 7) is 2.30. The van der Waals surface area contributed by atoms with Crippen molar-refractivity contribution in [1.29, 1.82) is 0 Å². The monoisotopic (exact) mass is 344 g/mol. The molecule has 2 N–H and O–H groups in total. The standard InChI is InChI=1S/C18H15F3N4/c1-11-9-15(22-10-12-5-3-2-4-6-12)25-18(23-11)24-14-8-7-13(19)16(20)17(14)21/h2-9H,10H2,1H3,(H2,22,23,24,25). The number of nitrogens with zero attached hydrogens (tertiary/aromatic N) is 2.